The van der Waals surface area contributed by atoms with E-state index in [0.717, 1.165) is 26.2 Å². The zero-order chi connectivity index (χ0) is 13.1. The van der Waals surface area contributed by atoms with Crippen LogP contribution in [-0.4, -0.2) is 50.0 Å². The lowest BCUT2D eigenvalue weighted by atomic mass is 9.85. The summed E-state index contributed by atoms with van der Waals surface area (Å²) in [7, 11) is 2.11. The van der Waals surface area contributed by atoms with Gasteiger partial charge >= 0.3 is 0 Å². The van der Waals surface area contributed by atoms with Gasteiger partial charge in [0.05, 0.1) is 33.2 Å². The largest absolute Gasteiger partial charge is 0.550 e. The summed E-state index contributed by atoms with van der Waals surface area (Å²) in [5.41, 5.74) is -0.522. The van der Waals surface area contributed by atoms with E-state index in [1.54, 1.807) is 13.8 Å². The Labute approximate surface area is 102 Å². The first-order valence-corrected chi connectivity index (χ1v) is 6.09. The molecule has 5 heteroatoms. The maximum absolute atomic E-state index is 12.0. The van der Waals surface area contributed by atoms with Gasteiger partial charge in [0, 0.05) is 12.4 Å². The number of likely N-dealkylation sites (N-methyl/N-ethyl adjacent to an activating group) is 1. The fourth-order valence-electron chi connectivity index (χ4n) is 2.11. The predicted octanol–water partition coefficient (Wildman–Crippen LogP) is -2.10. The van der Waals surface area contributed by atoms with E-state index in [0.29, 0.717) is 0 Å². The second-order valence-corrected chi connectivity index (χ2v) is 5.73. The average Bonchev–Trinajstić information content (AvgIpc) is 2.15. The van der Waals surface area contributed by atoms with E-state index in [4.69, 9.17) is 0 Å². The molecule has 0 bridgehead atoms. The van der Waals surface area contributed by atoms with Crippen molar-refractivity contribution < 1.29 is 19.6 Å². The summed E-state index contributed by atoms with van der Waals surface area (Å²) >= 11 is 0. The Morgan fingerprint density at radius 3 is 2.24 bits per heavy atom. The number of rotatable bonds is 4. The number of nitrogens with one attached hydrogen (secondary N) is 1. The second kappa shape index (κ2) is 5.49. The molecule has 0 radical (unpaired) electrons. The van der Waals surface area contributed by atoms with E-state index in [2.05, 4.69) is 7.05 Å². The fraction of sp³-hybridized carbons (Fsp3) is 0.833. The van der Waals surface area contributed by atoms with Gasteiger partial charge in [0.2, 0.25) is 5.91 Å². The molecule has 1 amide bonds. The van der Waals surface area contributed by atoms with Crippen molar-refractivity contribution in [3.63, 3.8) is 0 Å². The van der Waals surface area contributed by atoms with Crippen LogP contribution < -0.4 is 10.0 Å². The Balaban J connectivity index is 2.45. The van der Waals surface area contributed by atoms with Crippen molar-refractivity contribution in [2.24, 2.45) is 5.41 Å². The van der Waals surface area contributed by atoms with Crippen LogP contribution in [-0.2, 0) is 9.59 Å². The zero-order valence-electron chi connectivity index (χ0n) is 10.9. The molecule has 1 aliphatic heterocycles. The number of carboxylic acid groups (broad SMARTS) is 1. The van der Waals surface area contributed by atoms with E-state index in [-0.39, 0.29) is 18.7 Å². The quantitative estimate of drug-likeness (QED) is 0.614. The van der Waals surface area contributed by atoms with Crippen LogP contribution >= 0.6 is 0 Å². The highest BCUT2D eigenvalue weighted by atomic mass is 16.4. The van der Waals surface area contributed by atoms with E-state index >= 15 is 0 Å². The third kappa shape index (κ3) is 4.73. The van der Waals surface area contributed by atoms with E-state index < -0.39 is 11.4 Å². The summed E-state index contributed by atoms with van der Waals surface area (Å²) in [6.45, 7) is 7.06. The smallest absolute Gasteiger partial charge is 0.223 e. The third-order valence-corrected chi connectivity index (χ3v) is 3.22. The van der Waals surface area contributed by atoms with Gasteiger partial charge in [-0.2, -0.15) is 0 Å². The van der Waals surface area contributed by atoms with Crippen LogP contribution in [0.2, 0.25) is 0 Å². The van der Waals surface area contributed by atoms with Crippen molar-refractivity contribution >= 4 is 11.9 Å². The Bertz CT molecular complexity index is 294. The summed E-state index contributed by atoms with van der Waals surface area (Å²) in [4.78, 5) is 25.9. The van der Waals surface area contributed by atoms with Crippen molar-refractivity contribution in [1.82, 2.24) is 4.90 Å². The number of hydrogen-bond donors (Lipinski definition) is 1. The van der Waals surface area contributed by atoms with Crippen LogP contribution in [0, 0.1) is 5.41 Å². The number of carbonyl (C=O) groups is 2. The number of piperazine rings is 1. The van der Waals surface area contributed by atoms with Crippen molar-refractivity contribution in [3.05, 3.63) is 0 Å². The molecule has 0 atom stereocenters. The normalized spacial score (nSPS) is 18.2. The molecule has 0 aliphatic carbocycles. The van der Waals surface area contributed by atoms with Gasteiger partial charge in [-0.1, -0.05) is 13.8 Å². The molecule has 1 heterocycles. The molecular weight excluding hydrogens is 220 g/mol. The highest BCUT2D eigenvalue weighted by Crippen LogP contribution is 2.25. The topological polar surface area (TPSA) is 64.9 Å². The van der Waals surface area contributed by atoms with Crippen LogP contribution in [0.5, 0.6) is 0 Å². The van der Waals surface area contributed by atoms with Crippen LogP contribution in [0.25, 0.3) is 0 Å². The van der Waals surface area contributed by atoms with Gasteiger partial charge in [0.1, 0.15) is 0 Å². The molecule has 17 heavy (non-hydrogen) atoms. The summed E-state index contributed by atoms with van der Waals surface area (Å²) in [5.74, 6) is -1.03. The number of aliphatic carboxylic acids is 1. The standard InChI is InChI=1S/C12H22N2O3/c1-12(2,9-11(16)17)8-10(15)14-6-4-13(3)5-7-14/h4-9H2,1-3H3,(H,16,17). The maximum Gasteiger partial charge on any atom is 0.223 e. The first-order chi connectivity index (χ1) is 7.80. The minimum absolute atomic E-state index is 0.0590. The molecule has 1 saturated heterocycles. The van der Waals surface area contributed by atoms with Crippen molar-refractivity contribution in [2.45, 2.75) is 26.7 Å². The van der Waals surface area contributed by atoms with Gasteiger partial charge < -0.3 is 19.7 Å². The number of nitrogens with zero attached hydrogens (tertiary/aromatic N) is 1. The van der Waals surface area contributed by atoms with Gasteiger partial charge in [-0.15, -0.1) is 0 Å². The minimum atomic E-state index is -1.09. The van der Waals surface area contributed by atoms with E-state index in [1.807, 2.05) is 4.90 Å². The van der Waals surface area contributed by atoms with Crippen molar-refractivity contribution in [1.29, 1.82) is 0 Å². The number of hydrogen-bond acceptors (Lipinski definition) is 3. The van der Waals surface area contributed by atoms with Gasteiger partial charge in [0.15, 0.2) is 0 Å². The molecule has 0 unspecified atom stereocenters. The molecule has 98 valence electrons. The van der Waals surface area contributed by atoms with E-state index in [9.17, 15) is 14.7 Å². The molecule has 1 rings (SSSR count). The lowest BCUT2D eigenvalue weighted by Gasteiger charge is -2.33. The summed E-state index contributed by atoms with van der Waals surface area (Å²) in [5, 5.41) is 10.6. The molecule has 0 aromatic heterocycles. The Morgan fingerprint density at radius 1 is 1.24 bits per heavy atom. The molecule has 0 saturated carbocycles. The second-order valence-electron chi connectivity index (χ2n) is 5.73. The highest BCUT2D eigenvalue weighted by molar-refractivity contribution is 5.78. The lowest BCUT2D eigenvalue weighted by Crippen LogP contribution is -3.12. The molecule has 1 fully saturated rings. The first-order valence-electron chi connectivity index (χ1n) is 6.09. The van der Waals surface area contributed by atoms with Crippen LogP contribution in [0.4, 0.5) is 0 Å². The molecular formula is C12H22N2O3. The van der Waals surface area contributed by atoms with Gasteiger partial charge in [-0.3, -0.25) is 4.79 Å². The van der Waals surface area contributed by atoms with Crippen LogP contribution in [0.1, 0.15) is 26.7 Å². The Kier molecular flexibility index (Phi) is 4.51. The fourth-order valence-corrected chi connectivity index (χ4v) is 2.11. The van der Waals surface area contributed by atoms with Crippen molar-refractivity contribution in [3.8, 4) is 0 Å². The third-order valence-electron chi connectivity index (χ3n) is 3.22. The Hall–Kier alpha value is -1.10. The monoisotopic (exact) mass is 242 g/mol. The summed E-state index contributed by atoms with van der Waals surface area (Å²) in [6.07, 6.45) is 0.206. The summed E-state index contributed by atoms with van der Waals surface area (Å²) < 4.78 is 0. The summed E-state index contributed by atoms with van der Waals surface area (Å²) in [6, 6.07) is 0. The number of carbonyl (C=O) groups excluding carboxylic acids is 2. The molecule has 1 aliphatic rings. The number of carboxylic acids is 1. The van der Waals surface area contributed by atoms with Crippen LogP contribution in [0.3, 0.4) is 0 Å². The zero-order valence-corrected chi connectivity index (χ0v) is 10.9. The lowest BCUT2D eigenvalue weighted by molar-refractivity contribution is -0.883. The average molecular weight is 242 g/mol. The first kappa shape index (κ1) is 14.0. The molecule has 0 aromatic carbocycles. The van der Waals surface area contributed by atoms with Gasteiger partial charge in [-0.25, -0.2) is 0 Å². The maximum atomic E-state index is 12.0. The minimum Gasteiger partial charge on any atom is -0.550 e. The van der Waals surface area contributed by atoms with Gasteiger partial charge in [0.25, 0.3) is 0 Å². The molecule has 0 spiro atoms. The predicted molar refractivity (Wildman–Crippen MR) is 61.2 cm³/mol. The number of amides is 1. The van der Waals surface area contributed by atoms with E-state index in [1.165, 1.54) is 4.90 Å². The van der Waals surface area contributed by atoms with Gasteiger partial charge in [-0.05, 0) is 11.8 Å². The molecule has 0 aromatic rings. The molecule has 5 nitrogen and oxygen atoms in total. The number of quaternary nitrogens is 1. The van der Waals surface area contributed by atoms with Crippen LogP contribution in [0.15, 0.2) is 0 Å². The highest BCUT2D eigenvalue weighted by Gasteiger charge is 2.27. The van der Waals surface area contributed by atoms with Crippen molar-refractivity contribution in [2.75, 3.05) is 33.2 Å². The SMILES string of the molecule is C[NH+]1CCN(C(=O)CC(C)(C)CC(=O)[O-])CC1. The molecule has 1 N–H and O–H groups in total. The Morgan fingerprint density at radius 2 is 1.76 bits per heavy atom.